The first kappa shape index (κ1) is 21.8. The van der Waals surface area contributed by atoms with E-state index in [4.69, 9.17) is 21.1 Å². The van der Waals surface area contributed by atoms with Crippen molar-refractivity contribution in [3.63, 3.8) is 0 Å². The molecular weight excluding hydrogens is 408 g/mol. The van der Waals surface area contributed by atoms with E-state index in [0.29, 0.717) is 19.1 Å². The average molecular weight is 437 g/mol. The maximum absolute atomic E-state index is 6.42. The molecule has 0 bridgehead atoms. The van der Waals surface area contributed by atoms with Crippen LogP contribution in [0.5, 0.6) is 5.75 Å². The Morgan fingerprint density at radius 2 is 1.68 bits per heavy atom. The van der Waals surface area contributed by atoms with Gasteiger partial charge in [0.05, 0.1) is 18.4 Å². The van der Waals surface area contributed by atoms with Gasteiger partial charge >= 0.3 is 0 Å². The third kappa shape index (κ3) is 6.54. The highest BCUT2D eigenvalue weighted by Crippen LogP contribution is 2.35. The van der Waals surface area contributed by atoms with E-state index in [2.05, 4.69) is 22.0 Å². The van der Waals surface area contributed by atoms with Crippen molar-refractivity contribution in [2.45, 2.75) is 25.6 Å². The number of aromatic nitrogens is 1. The first-order valence-corrected chi connectivity index (χ1v) is 11.3. The van der Waals surface area contributed by atoms with E-state index >= 15 is 0 Å². The van der Waals surface area contributed by atoms with E-state index in [0.717, 1.165) is 48.9 Å². The van der Waals surface area contributed by atoms with Crippen LogP contribution in [-0.4, -0.2) is 36.1 Å². The Balaban J connectivity index is 1.32. The summed E-state index contributed by atoms with van der Waals surface area (Å²) in [4.78, 5) is 6.89. The van der Waals surface area contributed by atoms with Gasteiger partial charge in [0.1, 0.15) is 12.4 Å². The van der Waals surface area contributed by atoms with E-state index in [1.54, 1.807) is 0 Å². The Kier molecular flexibility index (Phi) is 7.94. The number of piperidine rings is 1. The minimum absolute atomic E-state index is 0.0435. The minimum Gasteiger partial charge on any atom is -0.492 e. The van der Waals surface area contributed by atoms with Crippen molar-refractivity contribution in [1.82, 2.24) is 9.88 Å². The average Bonchev–Trinajstić information content (AvgIpc) is 2.83. The fraction of sp³-hybridized carbons (Fsp3) is 0.346. The van der Waals surface area contributed by atoms with Gasteiger partial charge in [-0.2, -0.15) is 0 Å². The minimum atomic E-state index is 0.0435. The summed E-state index contributed by atoms with van der Waals surface area (Å²) in [5, 5.41) is 0.750. The second kappa shape index (κ2) is 11.3. The summed E-state index contributed by atoms with van der Waals surface area (Å²) in [6.07, 6.45) is 4.05. The van der Waals surface area contributed by atoms with Gasteiger partial charge in [0.25, 0.3) is 0 Å². The van der Waals surface area contributed by atoms with Gasteiger partial charge in [-0.05, 0) is 73.8 Å². The predicted octanol–water partition coefficient (Wildman–Crippen LogP) is 5.78. The molecular formula is C26H29ClN2O2. The van der Waals surface area contributed by atoms with Crippen molar-refractivity contribution in [1.29, 1.82) is 0 Å². The van der Waals surface area contributed by atoms with Crippen molar-refractivity contribution >= 4 is 11.6 Å². The number of para-hydroxylation sites is 1. The molecule has 0 spiro atoms. The van der Waals surface area contributed by atoms with Crippen LogP contribution in [0.15, 0.2) is 79.0 Å². The molecule has 0 radical (unpaired) electrons. The van der Waals surface area contributed by atoms with Crippen molar-refractivity contribution < 1.29 is 9.47 Å². The van der Waals surface area contributed by atoms with Gasteiger partial charge in [0.15, 0.2) is 0 Å². The highest BCUT2D eigenvalue weighted by molar-refractivity contribution is 6.30. The largest absolute Gasteiger partial charge is 0.492 e. The Hall–Kier alpha value is -2.40. The molecule has 2 heterocycles. The summed E-state index contributed by atoms with van der Waals surface area (Å²) in [5.74, 6) is 1.40. The van der Waals surface area contributed by atoms with Crippen molar-refractivity contribution in [3.8, 4) is 5.75 Å². The lowest BCUT2D eigenvalue weighted by atomic mass is 9.87. The third-order valence-electron chi connectivity index (χ3n) is 5.82. The molecule has 4 rings (SSSR count). The lowest BCUT2D eigenvalue weighted by molar-refractivity contribution is -0.0233. The van der Waals surface area contributed by atoms with Gasteiger partial charge in [-0.15, -0.1) is 0 Å². The first-order chi connectivity index (χ1) is 15.3. The molecule has 1 fully saturated rings. The molecule has 2 aromatic carbocycles. The fourth-order valence-electron chi connectivity index (χ4n) is 4.10. The normalized spacial score (nSPS) is 16.2. The number of hydrogen-bond donors (Lipinski definition) is 0. The van der Waals surface area contributed by atoms with Gasteiger partial charge in [0.2, 0.25) is 0 Å². The van der Waals surface area contributed by atoms with Crippen LogP contribution in [0, 0.1) is 5.92 Å². The van der Waals surface area contributed by atoms with Crippen LogP contribution in [0.4, 0.5) is 0 Å². The summed E-state index contributed by atoms with van der Waals surface area (Å²) in [5.41, 5.74) is 2.14. The number of halogens is 1. The molecule has 1 atom stereocenters. The van der Waals surface area contributed by atoms with Gasteiger partial charge < -0.3 is 9.47 Å². The van der Waals surface area contributed by atoms with Crippen molar-refractivity contribution in [3.05, 3.63) is 95.3 Å². The monoisotopic (exact) mass is 436 g/mol. The summed E-state index contributed by atoms with van der Waals surface area (Å²) in [6, 6.07) is 24.0. The first-order valence-electron chi connectivity index (χ1n) is 10.9. The predicted molar refractivity (Wildman–Crippen MR) is 124 cm³/mol. The van der Waals surface area contributed by atoms with E-state index in [1.807, 2.05) is 66.9 Å². The summed E-state index contributed by atoms with van der Waals surface area (Å²) < 4.78 is 12.3. The molecule has 0 unspecified atom stereocenters. The summed E-state index contributed by atoms with van der Waals surface area (Å²) in [6.45, 7) is 4.28. The zero-order chi connectivity index (χ0) is 21.3. The smallest absolute Gasteiger partial charge is 0.119 e. The van der Waals surface area contributed by atoms with Crippen LogP contribution in [0.1, 0.15) is 30.2 Å². The molecule has 0 amide bonds. The Morgan fingerprint density at radius 3 is 2.39 bits per heavy atom. The molecule has 5 heteroatoms. The maximum atomic E-state index is 6.42. The summed E-state index contributed by atoms with van der Waals surface area (Å²) >= 11 is 6.12. The van der Waals surface area contributed by atoms with Crippen LogP contribution in [0.3, 0.4) is 0 Å². The Bertz CT molecular complexity index is 898. The highest BCUT2D eigenvalue weighted by atomic mass is 35.5. The van der Waals surface area contributed by atoms with Crippen LogP contribution in [0.2, 0.25) is 5.02 Å². The van der Waals surface area contributed by atoms with Gasteiger partial charge in [0, 0.05) is 17.8 Å². The fourth-order valence-corrected chi connectivity index (χ4v) is 4.23. The van der Waals surface area contributed by atoms with Crippen molar-refractivity contribution in [2.24, 2.45) is 5.92 Å². The van der Waals surface area contributed by atoms with E-state index in [-0.39, 0.29) is 6.10 Å². The van der Waals surface area contributed by atoms with Crippen LogP contribution in [-0.2, 0) is 11.3 Å². The molecule has 1 saturated heterocycles. The number of likely N-dealkylation sites (tertiary alicyclic amines) is 1. The van der Waals surface area contributed by atoms with Crippen LogP contribution < -0.4 is 4.74 Å². The highest BCUT2D eigenvalue weighted by Gasteiger charge is 2.28. The second-order valence-corrected chi connectivity index (χ2v) is 8.38. The standard InChI is InChI=1S/C26H29ClN2O2/c27-23-11-9-21(10-12-23)26(31-20-24-6-4-5-15-28-24)22-13-16-29(17-14-22)18-19-30-25-7-2-1-3-8-25/h1-12,15,22,26H,13-14,16-20H2/t26-/m1/s1. The molecule has 0 saturated carbocycles. The number of benzene rings is 2. The molecule has 1 aliphatic rings. The van der Waals surface area contributed by atoms with Gasteiger partial charge in [-0.3, -0.25) is 9.88 Å². The number of rotatable bonds is 9. The molecule has 1 aliphatic heterocycles. The van der Waals surface area contributed by atoms with E-state index in [9.17, 15) is 0 Å². The molecule has 162 valence electrons. The van der Waals surface area contributed by atoms with E-state index in [1.165, 1.54) is 5.56 Å². The number of pyridine rings is 1. The Labute approximate surface area is 189 Å². The quantitative estimate of drug-likeness (QED) is 0.425. The number of nitrogens with zero attached hydrogens (tertiary/aromatic N) is 2. The molecule has 4 nitrogen and oxygen atoms in total. The van der Waals surface area contributed by atoms with Gasteiger partial charge in [-0.25, -0.2) is 0 Å². The summed E-state index contributed by atoms with van der Waals surface area (Å²) in [7, 11) is 0. The molecule has 0 aliphatic carbocycles. The zero-order valence-electron chi connectivity index (χ0n) is 17.7. The molecule has 31 heavy (non-hydrogen) atoms. The third-order valence-corrected chi connectivity index (χ3v) is 6.07. The molecule has 3 aromatic rings. The Morgan fingerprint density at radius 1 is 0.935 bits per heavy atom. The zero-order valence-corrected chi connectivity index (χ0v) is 18.5. The molecule has 1 aromatic heterocycles. The van der Waals surface area contributed by atoms with Gasteiger partial charge in [-0.1, -0.05) is 48.0 Å². The number of ether oxygens (including phenoxy) is 2. The van der Waals surface area contributed by atoms with E-state index < -0.39 is 0 Å². The molecule has 0 N–H and O–H groups in total. The second-order valence-electron chi connectivity index (χ2n) is 7.94. The van der Waals surface area contributed by atoms with Crippen molar-refractivity contribution in [2.75, 3.05) is 26.2 Å². The van der Waals surface area contributed by atoms with Crippen LogP contribution >= 0.6 is 11.6 Å². The topological polar surface area (TPSA) is 34.6 Å². The number of hydrogen-bond acceptors (Lipinski definition) is 4. The SMILES string of the molecule is Clc1ccc([C@@H](OCc2ccccn2)C2CCN(CCOc3ccccc3)CC2)cc1. The lowest BCUT2D eigenvalue weighted by Crippen LogP contribution is -2.38. The van der Waals surface area contributed by atoms with Crippen LogP contribution in [0.25, 0.3) is 0 Å². The lowest BCUT2D eigenvalue weighted by Gasteiger charge is -2.36. The maximum Gasteiger partial charge on any atom is 0.119 e.